The van der Waals surface area contributed by atoms with Crippen LogP contribution in [0.25, 0.3) is 31.9 Å². The Bertz CT molecular complexity index is 969. The molecule has 0 bridgehead atoms. The quantitative estimate of drug-likeness (QED) is 0.438. The minimum Gasteiger partial charge on any atom is -0.236 e. The van der Waals surface area contributed by atoms with E-state index in [1.165, 1.54) is 15.8 Å². The maximum absolute atomic E-state index is 5.40. The predicted molar refractivity (Wildman–Crippen MR) is 98.4 cm³/mol. The van der Waals surface area contributed by atoms with Crippen LogP contribution in [0, 0.1) is 12.3 Å². The molecule has 4 aromatic rings. The average Bonchev–Trinajstić information content (AvgIpc) is 3.06. The van der Waals surface area contributed by atoms with E-state index in [9.17, 15) is 0 Å². The molecule has 0 atom stereocenters. The Labute approximate surface area is 139 Å². The Balaban J connectivity index is 1.68. The zero-order valence-corrected chi connectivity index (χ0v) is 13.2. The smallest absolute Gasteiger partial charge is 0.124 e. The molecule has 0 aliphatic heterocycles. The first-order chi connectivity index (χ1) is 11.3. The third kappa shape index (κ3) is 2.63. The maximum atomic E-state index is 5.40. The molecule has 3 aromatic carbocycles. The van der Waals surface area contributed by atoms with Crippen LogP contribution in [0.4, 0.5) is 0 Å². The molecule has 1 nitrogen and oxygen atoms in total. The SMILES string of the molecule is C#Cc1ccc(-c2ccc(-c3nc4ccccc4s3)cc2)cc1. The van der Waals surface area contributed by atoms with Crippen molar-refractivity contribution in [3.8, 4) is 34.0 Å². The van der Waals surface area contributed by atoms with Crippen molar-refractivity contribution in [3.63, 3.8) is 0 Å². The number of thiazole rings is 1. The van der Waals surface area contributed by atoms with E-state index in [1.807, 2.05) is 24.3 Å². The molecule has 2 heteroatoms. The summed E-state index contributed by atoms with van der Waals surface area (Å²) in [5, 5.41) is 1.06. The molecule has 23 heavy (non-hydrogen) atoms. The highest BCUT2D eigenvalue weighted by molar-refractivity contribution is 7.21. The lowest BCUT2D eigenvalue weighted by Gasteiger charge is -2.03. The van der Waals surface area contributed by atoms with Gasteiger partial charge in [0.05, 0.1) is 10.2 Å². The second-order valence-electron chi connectivity index (χ2n) is 5.29. The van der Waals surface area contributed by atoms with E-state index in [4.69, 9.17) is 11.4 Å². The van der Waals surface area contributed by atoms with Gasteiger partial charge in [0, 0.05) is 11.1 Å². The molecule has 0 N–H and O–H groups in total. The van der Waals surface area contributed by atoms with Crippen molar-refractivity contribution in [2.45, 2.75) is 0 Å². The molecule has 0 fully saturated rings. The van der Waals surface area contributed by atoms with Crippen molar-refractivity contribution in [3.05, 3.63) is 78.4 Å². The standard InChI is InChI=1S/C21H13NS/c1-2-15-7-9-16(10-8-15)17-11-13-18(14-12-17)21-22-19-5-3-4-6-20(19)23-21/h1,3-14H. The van der Waals surface area contributed by atoms with E-state index < -0.39 is 0 Å². The van der Waals surface area contributed by atoms with E-state index in [1.54, 1.807) is 11.3 Å². The normalized spacial score (nSPS) is 10.6. The van der Waals surface area contributed by atoms with Crippen molar-refractivity contribution < 1.29 is 0 Å². The molecule has 1 heterocycles. The number of fused-ring (bicyclic) bond motifs is 1. The van der Waals surface area contributed by atoms with Gasteiger partial charge in [-0.15, -0.1) is 17.8 Å². The van der Waals surface area contributed by atoms with Crippen molar-refractivity contribution in [2.24, 2.45) is 0 Å². The van der Waals surface area contributed by atoms with Crippen LogP contribution in [0.5, 0.6) is 0 Å². The Kier molecular flexibility index (Phi) is 3.42. The van der Waals surface area contributed by atoms with Gasteiger partial charge in [0.25, 0.3) is 0 Å². The number of para-hydroxylation sites is 1. The highest BCUT2D eigenvalue weighted by Crippen LogP contribution is 2.31. The maximum Gasteiger partial charge on any atom is 0.124 e. The van der Waals surface area contributed by atoms with E-state index in [-0.39, 0.29) is 0 Å². The molecule has 0 radical (unpaired) electrons. The summed E-state index contributed by atoms with van der Waals surface area (Å²) < 4.78 is 1.22. The van der Waals surface area contributed by atoms with Crippen molar-refractivity contribution >= 4 is 21.6 Å². The number of rotatable bonds is 2. The number of aromatic nitrogens is 1. The first-order valence-electron chi connectivity index (χ1n) is 7.36. The molecular weight excluding hydrogens is 298 g/mol. The summed E-state index contributed by atoms with van der Waals surface area (Å²) in [5.74, 6) is 2.64. The third-order valence-electron chi connectivity index (χ3n) is 3.81. The van der Waals surface area contributed by atoms with Crippen LogP contribution in [0.15, 0.2) is 72.8 Å². The van der Waals surface area contributed by atoms with Crippen molar-refractivity contribution in [1.29, 1.82) is 0 Å². The largest absolute Gasteiger partial charge is 0.236 e. The second-order valence-corrected chi connectivity index (χ2v) is 6.32. The Morgan fingerprint density at radius 2 is 1.35 bits per heavy atom. The fourth-order valence-electron chi connectivity index (χ4n) is 2.56. The molecule has 0 unspecified atom stereocenters. The second kappa shape index (κ2) is 5.72. The van der Waals surface area contributed by atoms with Gasteiger partial charge in [0.15, 0.2) is 0 Å². The number of hydrogen-bond donors (Lipinski definition) is 0. The fourth-order valence-corrected chi connectivity index (χ4v) is 3.53. The van der Waals surface area contributed by atoms with E-state index in [0.29, 0.717) is 0 Å². The van der Waals surface area contributed by atoms with Crippen LogP contribution in [-0.2, 0) is 0 Å². The molecule has 108 valence electrons. The van der Waals surface area contributed by atoms with Crippen LogP contribution in [0.3, 0.4) is 0 Å². The van der Waals surface area contributed by atoms with Crippen LogP contribution >= 0.6 is 11.3 Å². The van der Waals surface area contributed by atoms with E-state index in [2.05, 4.69) is 54.5 Å². The molecule has 4 rings (SSSR count). The van der Waals surface area contributed by atoms with Gasteiger partial charge in [-0.1, -0.05) is 54.5 Å². The number of terminal acetylenes is 1. The Morgan fingerprint density at radius 3 is 2.00 bits per heavy atom. The van der Waals surface area contributed by atoms with Gasteiger partial charge in [0.2, 0.25) is 0 Å². The summed E-state index contributed by atoms with van der Waals surface area (Å²) in [6.45, 7) is 0. The highest BCUT2D eigenvalue weighted by atomic mass is 32.1. The molecule has 0 saturated heterocycles. The van der Waals surface area contributed by atoms with Gasteiger partial charge < -0.3 is 0 Å². The van der Waals surface area contributed by atoms with Gasteiger partial charge in [-0.3, -0.25) is 0 Å². The lowest BCUT2D eigenvalue weighted by molar-refractivity contribution is 1.47. The summed E-state index contributed by atoms with van der Waals surface area (Å²) in [6, 6.07) is 24.8. The fraction of sp³-hybridized carbons (Fsp3) is 0. The number of nitrogens with zero attached hydrogens (tertiary/aromatic N) is 1. The molecule has 0 spiro atoms. The predicted octanol–water partition coefficient (Wildman–Crippen LogP) is 5.61. The molecule has 0 saturated carbocycles. The van der Waals surface area contributed by atoms with Gasteiger partial charge >= 0.3 is 0 Å². The summed E-state index contributed by atoms with van der Waals surface area (Å²) >= 11 is 1.72. The molecule has 0 amide bonds. The number of benzene rings is 3. The summed E-state index contributed by atoms with van der Waals surface area (Å²) in [7, 11) is 0. The zero-order valence-electron chi connectivity index (χ0n) is 12.4. The van der Waals surface area contributed by atoms with Gasteiger partial charge in [-0.05, 0) is 35.4 Å². The molecule has 1 aromatic heterocycles. The Morgan fingerprint density at radius 1 is 0.739 bits per heavy atom. The summed E-state index contributed by atoms with van der Waals surface area (Å²) in [5.41, 5.74) is 5.45. The van der Waals surface area contributed by atoms with Gasteiger partial charge in [-0.2, -0.15) is 0 Å². The van der Waals surface area contributed by atoms with Gasteiger partial charge in [0.1, 0.15) is 5.01 Å². The Hall–Kier alpha value is -2.89. The van der Waals surface area contributed by atoms with E-state index >= 15 is 0 Å². The summed E-state index contributed by atoms with van der Waals surface area (Å²) in [6.07, 6.45) is 5.40. The van der Waals surface area contributed by atoms with Crippen LogP contribution in [0.1, 0.15) is 5.56 Å². The monoisotopic (exact) mass is 311 g/mol. The number of hydrogen-bond acceptors (Lipinski definition) is 2. The minimum atomic E-state index is 0.903. The van der Waals surface area contributed by atoms with Crippen molar-refractivity contribution in [2.75, 3.05) is 0 Å². The molecular formula is C21H13NS. The molecule has 0 aliphatic carbocycles. The van der Waals surface area contributed by atoms with Crippen LogP contribution in [0.2, 0.25) is 0 Å². The van der Waals surface area contributed by atoms with Crippen LogP contribution in [-0.4, -0.2) is 4.98 Å². The van der Waals surface area contributed by atoms with Gasteiger partial charge in [-0.25, -0.2) is 4.98 Å². The lowest BCUT2D eigenvalue weighted by atomic mass is 10.0. The van der Waals surface area contributed by atoms with Crippen molar-refractivity contribution in [1.82, 2.24) is 4.98 Å². The zero-order chi connectivity index (χ0) is 15.6. The lowest BCUT2D eigenvalue weighted by Crippen LogP contribution is -1.80. The van der Waals surface area contributed by atoms with Crippen LogP contribution < -0.4 is 0 Å². The first kappa shape index (κ1) is 13.8. The highest BCUT2D eigenvalue weighted by Gasteiger charge is 2.06. The van der Waals surface area contributed by atoms with E-state index in [0.717, 1.165) is 21.7 Å². The average molecular weight is 311 g/mol. The molecule has 0 aliphatic rings. The first-order valence-corrected chi connectivity index (χ1v) is 8.18. The minimum absolute atomic E-state index is 0.903. The topological polar surface area (TPSA) is 12.9 Å². The summed E-state index contributed by atoms with van der Waals surface area (Å²) in [4.78, 5) is 4.70. The third-order valence-corrected chi connectivity index (χ3v) is 4.90.